The van der Waals surface area contributed by atoms with E-state index in [0.29, 0.717) is 18.3 Å². The number of rotatable bonds is 2. The van der Waals surface area contributed by atoms with Gasteiger partial charge in [-0.3, -0.25) is 4.90 Å². The molecule has 0 radical (unpaired) electrons. The third-order valence-electron chi connectivity index (χ3n) is 4.60. The maximum absolute atomic E-state index is 9.04. The summed E-state index contributed by atoms with van der Waals surface area (Å²) in [6.07, 6.45) is 5.00. The van der Waals surface area contributed by atoms with Gasteiger partial charge in [-0.05, 0) is 18.1 Å². The van der Waals surface area contributed by atoms with Gasteiger partial charge in [0.05, 0.1) is 30.6 Å². The molecule has 2 atom stereocenters. The first-order valence-electron chi connectivity index (χ1n) is 7.53. The normalized spacial score (nSPS) is 24.5. The number of aromatic nitrogens is 4. The zero-order valence-corrected chi connectivity index (χ0v) is 12.5. The molecule has 7 heteroatoms. The highest BCUT2D eigenvalue weighted by molar-refractivity contribution is 5.28. The molecule has 0 aromatic carbocycles. The number of likely N-dealkylation sites (tertiary alicyclic amines) is 1. The fraction of sp³-hybridized carbons (Fsp3) is 0.533. The summed E-state index contributed by atoms with van der Waals surface area (Å²) < 4.78 is 9.89. The summed E-state index contributed by atoms with van der Waals surface area (Å²) in [5.74, 6) is 0. The van der Waals surface area contributed by atoms with Gasteiger partial charge in [-0.2, -0.15) is 5.26 Å². The fourth-order valence-corrected chi connectivity index (χ4v) is 3.48. The second kappa shape index (κ2) is 5.23. The van der Waals surface area contributed by atoms with E-state index in [9.17, 15) is 0 Å². The Balaban J connectivity index is 1.46. The van der Waals surface area contributed by atoms with E-state index in [4.69, 9.17) is 10.00 Å². The van der Waals surface area contributed by atoms with Crippen molar-refractivity contribution < 1.29 is 4.74 Å². The number of aryl methyl sites for hydroxylation is 1. The van der Waals surface area contributed by atoms with Gasteiger partial charge in [0.15, 0.2) is 0 Å². The molecular formula is C15H18N6O. The summed E-state index contributed by atoms with van der Waals surface area (Å²) in [6.45, 7) is 3.33. The van der Waals surface area contributed by atoms with E-state index in [1.54, 1.807) is 6.20 Å². The Kier molecular flexibility index (Phi) is 3.21. The van der Waals surface area contributed by atoms with Gasteiger partial charge in [-0.15, -0.1) is 5.10 Å². The first-order chi connectivity index (χ1) is 10.7. The zero-order chi connectivity index (χ0) is 15.1. The summed E-state index contributed by atoms with van der Waals surface area (Å²) in [7, 11) is 1.91. The minimum Gasteiger partial charge on any atom is -0.368 e. The lowest BCUT2D eigenvalue weighted by molar-refractivity contribution is -0.0704. The van der Waals surface area contributed by atoms with Crippen LogP contribution in [0, 0.1) is 11.3 Å². The van der Waals surface area contributed by atoms with Crippen LogP contribution in [0.4, 0.5) is 0 Å². The Morgan fingerprint density at radius 1 is 1.50 bits per heavy atom. The molecule has 0 bridgehead atoms. The molecule has 0 N–H and O–H groups in total. The lowest BCUT2D eigenvalue weighted by Crippen LogP contribution is -2.48. The Bertz CT molecular complexity index is 727. The highest BCUT2D eigenvalue weighted by atomic mass is 16.5. The lowest BCUT2D eigenvalue weighted by atomic mass is 10.00. The molecule has 1 fully saturated rings. The third-order valence-corrected chi connectivity index (χ3v) is 4.60. The molecule has 4 heterocycles. The van der Waals surface area contributed by atoms with Crippen LogP contribution < -0.4 is 0 Å². The van der Waals surface area contributed by atoms with Gasteiger partial charge in [0, 0.05) is 32.9 Å². The van der Waals surface area contributed by atoms with Crippen LogP contribution >= 0.6 is 0 Å². The molecule has 2 aliphatic heterocycles. The molecule has 2 aromatic rings. The van der Waals surface area contributed by atoms with E-state index >= 15 is 0 Å². The van der Waals surface area contributed by atoms with Crippen LogP contribution in [0.15, 0.2) is 18.5 Å². The smallest absolute Gasteiger partial charge is 0.120 e. The molecule has 0 spiro atoms. The van der Waals surface area contributed by atoms with Gasteiger partial charge < -0.3 is 9.30 Å². The number of fused-ring (bicyclic) bond motifs is 3. The van der Waals surface area contributed by atoms with E-state index in [1.807, 2.05) is 28.6 Å². The van der Waals surface area contributed by atoms with Crippen LogP contribution in [-0.2, 0) is 24.9 Å². The molecule has 1 saturated heterocycles. The summed E-state index contributed by atoms with van der Waals surface area (Å²) in [4.78, 5) is 2.39. The SMILES string of the molecule is Cn1cc(CN2CC[C@H]3[C@H](C2)OCc2cnnn23)cc1C#N. The summed E-state index contributed by atoms with van der Waals surface area (Å²) in [5, 5.41) is 17.2. The predicted molar refractivity (Wildman–Crippen MR) is 77.7 cm³/mol. The molecule has 114 valence electrons. The zero-order valence-electron chi connectivity index (χ0n) is 12.5. The Hall–Kier alpha value is -2.17. The van der Waals surface area contributed by atoms with E-state index < -0.39 is 0 Å². The molecule has 0 saturated carbocycles. The van der Waals surface area contributed by atoms with Gasteiger partial charge in [-0.25, -0.2) is 4.68 Å². The number of nitriles is 1. The van der Waals surface area contributed by atoms with Crippen molar-refractivity contribution in [2.45, 2.75) is 31.7 Å². The van der Waals surface area contributed by atoms with Crippen molar-refractivity contribution >= 4 is 0 Å². The van der Waals surface area contributed by atoms with Crippen molar-refractivity contribution in [3.05, 3.63) is 35.4 Å². The van der Waals surface area contributed by atoms with Gasteiger partial charge in [0.1, 0.15) is 11.8 Å². The van der Waals surface area contributed by atoms with Gasteiger partial charge in [0.2, 0.25) is 0 Å². The minimum atomic E-state index is 0.169. The minimum absolute atomic E-state index is 0.169. The van der Waals surface area contributed by atoms with Crippen molar-refractivity contribution in [3.8, 4) is 6.07 Å². The van der Waals surface area contributed by atoms with Crippen LogP contribution in [0.1, 0.15) is 29.4 Å². The van der Waals surface area contributed by atoms with Crippen LogP contribution in [0.3, 0.4) is 0 Å². The van der Waals surface area contributed by atoms with E-state index in [0.717, 1.165) is 31.7 Å². The maximum atomic E-state index is 9.04. The van der Waals surface area contributed by atoms with E-state index in [2.05, 4.69) is 21.3 Å². The summed E-state index contributed by atoms with van der Waals surface area (Å²) in [6, 6.07) is 4.47. The summed E-state index contributed by atoms with van der Waals surface area (Å²) >= 11 is 0. The molecule has 0 unspecified atom stereocenters. The third kappa shape index (κ3) is 2.21. The highest BCUT2D eigenvalue weighted by Crippen LogP contribution is 2.31. The number of hydrogen-bond acceptors (Lipinski definition) is 5. The molecule has 0 amide bonds. The van der Waals surface area contributed by atoms with Crippen molar-refractivity contribution in [1.29, 1.82) is 5.26 Å². The standard InChI is InChI=1S/C15H18N6O/c1-19-7-11(4-12(19)5-16)8-20-3-2-14-15(9-20)22-10-13-6-17-18-21(13)14/h4,6-7,14-15H,2-3,8-10H2,1H3/t14-,15-/m0/s1. The quantitative estimate of drug-likeness (QED) is 0.821. The predicted octanol–water partition coefficient (Wildman–Crippen LogP) is 0.834. The van der Waals surface area contributed by atoms with E-state index in [1.165, 1.54) is 5.56 Å². The Morgan fingerprint density at radius 3 is 3.23 bits per heavy atom. The second-order valence-electron chi connectivity index (χ2n) is 6.07. The number of hydrogen-bond donors (Lipinski definition) is 0. The number of ether oxygens (including phenoxy) is 1. The lowest BCUT2D eigenvalue weighted by Gasteiger charge is -2.40. The first kappa shape index (κ1) is 13.5. The van der Waals surface area contributed by atoms with E-state index in [-0.39, 0.29) is 6.10 Å². The average molecular weight is 298 g/mol. The van der Waals surface area contributed by atoms with Gasteiger partial charge >= 0.3 is 0 Å². The maximum Gasteiger partial charge on any atom is 0.120 e. The molecule has 2 aliphatic rings. The first-order valence-corrected chi connectivity index (χ1v) is 7.53. The average Bonchev–Trinajstić information content (AvgIpc) is 3.13. The van der Waals surface area contributed by atoms with Crippen LogP contribution in [0.5, 0.6) is 0 Å². The topological polar surface area (TPSA) is 71.9 Å². The van der Waals surface area contributed by atoms with Crippen molar-refractivity contribution in [1.82, 2.24) is 24.5 Å². The van der Waals surface area contributed by atoms with Crippen molar-refractivity contribution in [2.75, 3.05) is 13.1 Å². The molecule has 2 aromatic heterocycles. The van der Waals surface area contributed by atoms with Gasteiger partial charge in [0.25, 0.3) is 0 Å². The van der Waals surface area contributed by atoms with Crippen molar-refractivity contribution in [3.63, 3.8) is 0 Å². The largest absolute Gasteiger partial charge is 0.368 e. The Morgan fingerprint density at radius 2 is 2.41 bits per heavy atom. The van der Waals surface area contributed by atoms with Gasteiger partial charge in [-0.1, -0.05) is 5.21 Å². The monoisotopic (exact) mass is 298 g/mol. The second-order valence-corrected chi connectivity index (χ2v) is 6.07. The Labute approximate surface area is 128 Å². The molecule has 7 nitrogen and oxygen atoms in total. The van der Waals surface area contributed by atoms with Crippen LogP contribution in [0.25, 0.3) is 0 Å². The summed E-state index contributed by atoms with van der Waals surface area (Å²) in [5.41, 5.74) is 2.94. The molecule has 0 aliphatic carbocycles. The molecule has 4 rings (SSSR count). The van der Waals surface area contributed by atoms with Crippen LogP contribution in [0.2, 0.25) is 0 Å². The highest BCUT2D eigenvalue weighted by Gasteiger charge is 2.36. The van der Waals surface area contributed by atoms with Crippen LogP contribution in [-0.4, -0.2) is 43.7 Å². The fourth-order valence-electron chi connectivity index (χ4n) is 3.48. The van der Waals surface area contributed by atoms with Crippen molar-refractivity contribution in [2.24, 2.45) is 7.05 Å². The number of piperidine rings is 1. The molecule has 22 heavy (non-hydrogen) atoms. The molecular weight excluding hydrogens is 280 g/mol. The number of nitrogens with zero attached hydrogens (tertiary/aromatic N) is 6.